The number of hydrogen-bond donors (Lipinski definition) is 0. The van der Waals surface area contributed by atoms with Crippen LogP contribution < -0.4 is 4.90 Å². The first-order chi connectivity index (χ1) is 24.8. The van der Waals surface area contributed by atoms with Crippen molar-refractivity contribution in [3.8, 4) is 22.3 Å². The van der Waals surface area contributed by atoms with Crippen LogP contribution in [-0.2, 0) is 10.8 Å². The first-order valence-electron chi connectivity index (χ1n) is 18.4. The van der Waals surface area contributed by atoms with E-state index in [4.69, 9.17) is 0 Å². The van der Waals surface area contributed by atoms with Crippen molar-refractivity contribution in [2.45, 2.75) is 50.9 Å². The summed E-state index contributed by atoms with van der Waals surface area (Å²) >= 11 is 0. The first-order valence-corrected chi connectivity index (χ1v) is 18.4. The van der Waals surface area contributed by atoms with Gasteiger partial charge < -0.3 is 4.90 Å². The van der Waals surface area contributed by atoms with Gasteiger partial charge in [-0.25, -0.2) is 0 Å². The second-order valence-corrected chi connectivity index (χ2v) is 15.7. The van der Waals surface area contributed by atoms with Crippen molar-refractivity contribution in [2.75, 3.05) is 4.90 Å². The van der Waals surface area contributed by atoms with Gasteiger partial charge in [-0.2, -0.15) is 0 Å². The molecule has 7 aromatic carbocycles. The van der Waals surface area contributed by atoms with Gasteiger partial charge in [0, 0.05) is 33.5 Å². The molecule has 246 valence electrons. The highest BCUT2D eigenvalue weighted by atomic mass is 15.1. The first kappa shape index (κ1) is 30.2. The Morgan fingerprint density at radius 3 is 2.06 bits per heavy atom. The number of rotatable bonds is 4. The zero-order valence-electron chi connectivity index (χ0n) is 29.7. The van der Waals surface area contributed by atoms with Crippen molar-refractivity contribution in [1.82, 2.24) is 0 Å². The summed E-state index contributed by atoms with van der Waals surface area (Å²) in [6.45, 7) is 9.61. The highest BCUT2D eigenvalue weighted by Gasteiger charge is 2.45. The van der Waals surface area contributed by atoms with E-state index in [9.17, 15) is 0 Å². The minimum atomic E-state index is -0.0969. The molecule has 10 rings (SSSR count). The predicted molar refractivity (Wildman–Crippen MR) is 217 cm³/mol. The number of nitrogens with zero attached hydrogens (tertiary/aromatic N) is 1. The molecule has 7 aromatic rings. The molecule has 3 aliphatic rings. The highest BCUT2D eigenvalue weighted by Crippen LogP contribution is 2.59. The van der Waals surface area contributed by atoms with Gasteiger partial charge in [0.05, 0.1) is 5.69 Å². The lowest BCUT2D eigenvalue weighted by Crippen LogP contribution is -2.18. The molecule has 0 spiro atoms. The summed E-state index contributed by atoms with van der Waals surface area (Å²) in [5, 5.41) is 5.12. The lowest BCUT2D eigenvalue weighted by atomic mass is 9.79. The number of hydrogen-bond acceptors (Lipinski definition) is 1. The lowest BCUT2D eigenvalue weighted by Gasteiger charge is -2.32. The van der Waals surface area contributed by atoms with Crippen LogP contribution in [0.15, 0.2) is 163 Å². The van der Waals surface area contributed by atoms with Gasteiger partial charge in [0.15, 0.2) is 0 Å². The maximum absolute atomic E-state index is 2.59. The molecule has 0 N–H and O–H groups in total. The molecule has 1 unspecified atom stereocenters. The average Bonchev–Trinajstić information content (AvgIpc) is 3.54. The summed E-state index contributed by atoms with van der Waals surface area (Å²) in [4.78, 5) is 2.59. The minimum absolute atomic E-state index is 0.0588. The molecule has 0 heterocycles. The maximum atomic E-state index is 2.59. The molecule has 51 heavy (non-hydrogen) atoms. The van der Waals surface area contributed by atoms with Gasteiger partial charge in [-0.05, 0) is 103 Å². The van der Waals surface area contributed by atoms with Crippen LogP contribution in [0, 0.1) is 0 Å². The zero-order chi connectivity index (χ0) is 34.5. The molecule has 0 radical (unpaired) electrons. The molecular weight excluding hydrogens is 615 g/mol. The monoisotopic (exact) mass is 655 g/mol. The van der Waals surface area contributed by atoms with E-state index in [0.29, 0.717) is 5.92 Å². The van der Waals surface area contributed by atoms with E-state index in [1.54, 1.807) is 0 Å². The van der Waals surface area contributed by atoms with Crippen molar-refractivity contribution >= 4 is 38.6 Å². The van der Waals surface area contributed by atoms with Crippen molar-refractivity contribution in [3.05, 3.63) is 186 Å². The third-order valence-corrected chi connectivity index (χ3v) is 12.2. The van der Waals surface area contributed by atoms with Gasteiger partial charge in [0.1, 0.15) is 0 Å². The van der Waals surface area contributed by atoms with E-state index >= 15 is 0 Å². The van der Waals surface area contributed by atoms with Crippen molar-refractivity contribution in [1.29, 1.82) is 0 Å². The quantitative estimate of drug-likeness (QED) is 0.182. The number of allylic oxidation sites excluding steroid dienone is 4. The van der Waals surface area contributed by atoms with Gasteiger partial charge in [-0.3, -0.25) is 0 Å². The third-order valence-electron chi connectivity index (χ3n) is 12.2. The molecule has 0 aliphatic heterocycles. The van der Waals surface area contributed by atoms with Crippen LogP contribution in [0.2, 0.25) is 0 Å². The smallest absolute Gasteiger partial charge is 0.0581 e. The SMILES string of the molecule is CC1(C)C2=CC=CCC2c2c1cc1ccccc1c2N(c1ccc(-c2ccc3ccccc3c2)cc1)c1ccc2c(c1)C(C)(C)c1ccccc1-2. The van der Waals surface area contributed by atoms with Crippen LogP contribution in [0.1, 0.15) is 62.3 Å². The van der Waals surface area contributed by atoms with Gasteiger partial charge in [0.25, 0.3) is 0 Å². The second-order valence-electron chi connectivity index (χ2n) is 15.7. The Morgan fingerprint density at radius 1 is 0.529 bits per heavy atom. The Bertz CT molecular complexity index is 2610. The minimum Gasteiger partial charge on any atom is -0.310 e. The normalized spacial score (nSPS) is 17.5. The van der Waals surface area contributed by atoms with E-state index in [1.165, 1.54) is 88.7 Å². The second kappa shape index (κ2) is 10.9. The van der Waals surface area contributed by atoms with Crippen LogP contribution in [-0.4, -0.2) is 0 Å². The summed E-state index contributed by atoms with van der Waals surface area (Å²) in [5.74, 6) is 0.342. The molecule has 1 heteroatoms. The Balaban J connectivity index is 1.22. The van der Waals surface area contributed by atoms with Crippen LogP contribution in [0.5, 0.6) is 0 Å². The predicted octanol–water partition coefficient (Wildman–Crippen LogP) is 13.7. The van der Waals surface area contributed by atoms with Gasteiger partial charge in [-0.1, -0.05) is 155 Å². The van der Waals surface area contributed by atoms with Crippen LogP contribution in [0.3, 0.4) is 0 Å². The molecule has 1 nitrogen and oxygen atoms in total. The Morgan fingerprint density at radius 2 is 1.22 bits per heavy atom. The van der Waals surface area contributed by atoms with Crippen LogP contribution in [0.25, 0.3) is 43.8 Å². The lowest BCUT2D eigenvalue weighted by molar-refractivity contribution is 0.613. The molecule has 0 saturated heterocycles. The molecule has 0 bridgehead atoms. The van der Waals surface area contributed by atoms with Gasteiger partial charge in [-0.15, -0.1) is 0 Å². The molecule has 1 atom stereocenters. The maximum Gasteiger partial charge on any atom is 0.0581 e. The molecule has 3 aliphatic carbocycles. The van der Waals surface area contributed by atoms with Crippen LogP contribution in [0.4, 0.5) is 17.1 Å². The zero-order valence-corrected chi connectivity index (χ0v) is 29.7. The summed E-state index contributed by atoms with van der Waals surface area (Å²) < 4.78 is 0. The topological polar surface area (TPSA) is 3.24 Å². The fourth-order valence-corrected chi connectivity index (χ4v) is 9.57. The Kier molecular flexibility index (Phi) is 6.46. The summed E-state index contributed by atoms with van der Waals surface area (Å²) in [7, 11) is 0. The highest BCUT2D eigenvalue weighted by molar-refractivity contribution is 6.03. The van der Waals surface area contributed by atoms with Crippen molar-refractivity contribution in [2.24, 2.45) is 0 Å². The third kappa shape index (κ3) is 4.40. The summed E-state index contributed by atoms with van der Waals surface area (Å²) in [6, 6.07) is 52.4. The van der Waals surface area contributed by atoms with E-state index in [2.05, 4.69) is 190 Å². The number of fused-ring (bicyclic) bond motifs is 8. The molecule has 0 saturated carbocycles. The molecule has 0 fully saturated rings. The van der Waals surface area contributed by atoms with Gasteiger partial charge >= 0.3 is 0 Å². The molecule has 0 amide bonds. The Labute approximate surface area is 301 Å². The molecular formula is C50H41N. The van der Waals surface area contributed by atoms with E-state index in [-0.39, 0.29) is 10.8 Å². The number of anilines is 3. The van der Waals surface area contributed by atoms with Crippen LogP contribution >= 0.6 is 0 Å². The average molecular weight is 656 g/mol. The van der Waals surface area contributed by atoms with Crippen molar-refractivity contribution in [3.63, 3.8) is 0 Å². The summed E-state index contributed by atoms with van der Waals surface area (Å²) in [6.07, 6.45) is 8.04. The van der Waals surface area contributed by atoms with E-state index in [1.807, 2.05) is 0 Å². The van der Waals surface area contributed by atoms with Crippen molar-refractivity contribution < 1.29 is 0 Å². The van der Waals surface area contributed by atoms with E-state index < -0.39 is 0 Å². The number of benzene rings is 7. The Hall–Kier alpha value is -5.66. The summed E-state index contributed by atoms with van der Waals surface area (Å²) in [5.41, 5.74) is 15.9. The van der Waals surface area contributed by atoms with E-state index in [0.717, 1.165) is 6.42 Å². The fraction of sp³-hybridized carbons (Fsp3) is 0.160. The standard InChI is InChI=1S/C50H41N/c1-49(2)43-19-11-9-17-40(43)41-28-27-38(31-45(41)49)51(37-25-23-33(24-26-37)35-22-21-32-13-5-6-14-34(32)29-35)48-39-16-8-7-15-36(39)30-46-47(48)42-18-10-12-20-44(42)50(46,3)4/h5-17,19-31,42H,18H2,1-4H3. The van der Waals surface area contributed by atoms with Gasteiger partial charge in [0.2, 0.25) is 0 Å². The fourth-order valence-electron chi connectivity index (χ4n) is 9.57. The largest absolute Gasteiger partial charge is 0.310 e. The molecule has 0 aromatic heterocycles.